The summed E-state index contributed by atoms with van der Waals surface area (Å²) in [5.74, 6) is -0.754. The molecule has 0 spiro atoms. The number of ether oxygens (including phenoxy) is 1. The highest BCUT2D eigenvalue weighted by Crippen LogP contribution is 2.28. The summed E-state index contributed by atoms with van der Waals surface area (Å²) in [4.78, 5) is 16.6. The standard InChI is InChI=1S/C21H22FN3O4S2/c1-13-4-7-19(14(2)10-13)31(27,28)23-9-8-20(26)25-21-24-17(12-30-21)15-5-6-18(29-3)16(22)11-15/h4-7,10-12,23H,8-9H2,1-3H3,(H,24,25,26). The van der Waals surface area contributed by atoms with Crippen molar-refractivity contribution in [3.8, 4) is 17.0 Å². The van der Waals surface area contributed by atoms with Gasteiger partial charge in [0.1, 0.15) is 0 Å². The van der Waals surface area contributed by atoms with Crippen LogP contribution in [0.1, 0.15) is 17.5 Å². The van der Waals surface area contributed by atoms with E-state index in [2.05, 4.69) is 15.0 Å². The van der Waals surface area contributed by atoms with Crippen molar-refractivity contribution >= 4 is 32.4 Å². The maximum Gasteiger partial charge on any atom is 0.240 e. The van der Waals surface area contributed by atoms with Crippen LogP contribution in [0.4, 0.5) is 9.52 Å². The molecule has 3 rings (SSSR count). The first-order chi connectivity index (χ1) is 14.7. The van der Waals surface area contributed by atoms with Gasteiger partial charge in [0, 0.05) is 23.9 Å². The molecule has 0 radical (unpaired) electrons. The Labute approximate surface area is 184 Å². The minimum absolute atomic E-state index is 0.0522. The van der Waals surface area contributed by atoms with E-state index in [0.29, 0.717) is 22.0 Å². The second kappa shape index (κ2) is 9.54. The molecule has 0 atom stereocenters. The monoisotopic (exact) mass is 463 g/mol. The van der Waals surface area contributed by atoms with Crippen molar-refractivity contribution in [2.24, 2.45) is 0 Å². The molecule has 10 heteroatoms. The number of benzene rings is 2. The number of hydrogen-bond donors (Lipinski definition) is 2. The Morgan fingerprint density at radius 2 is 1.97 bits per heavy atom. The fourth-order valence-corrected chi connectivity index (χ4v) is 4.94. The molecule has 0 aliphatic rings. The Morgan fingerprint density at radius 3 is 2.65 bits per heavy atom. The second-order valence-electron chi connectivity index (χ2n) is 6.85. The molecule has 0 aliphatic carbocycles. The van der Waals surface area contributed by atoms with Crippen LogP contribution in [0.15, 0.2) is 46.7 Å². The number of thiazole rings is 1. The van der Waals surface area contributed by atoms with E-state index in [0.717, 1.165) is 5.56 Å². The Morgan fingerprint density at radius 1 is 1.19 bits per heavy atom. The summed E-state index contributed by atoms with van der Waals surface area (Å²) in [7, 11) is -2.32. The number of amides is 1. The molecule has 31 heavy (non-hydrogen) atoms. The fourth-order valence-electron chi connectivity index (χ4n) is 2.95. The average molecular weight is 464 g/mol. The van der Waals surface area contributed by atoms with Gasteiger partial charge in [-0.05, 0) is 43.7 Å². The van der Waals surface area contributed by atoms with Gasteiger partial charge in [0.2, 0.25) is 15.9 Å². The molecule has 0 saturated heterocycles. The Balaban J connectivity index is 1.56. The third kappa shape index (κ3) is 5.66. The van der Waals surface area contributed by atoms with Gasteiger partial charge in [-0.25, -0.2) is 22.5 Å². The lowest BCUT2D eigenvalue weighted by molar-refractivity contribution is -0.116. The number of aromatic nitrogens is 1. The van der Waals surface area contributed by atoms with Gasteiger partial charge in [-0.1, -0.05) is 17.7 Å². The summed E-state index contributed by atoms with van der Waals surface area (Å²) in [6.07, 6.45) is -0.0593. The van der Waals surface area contributed by atoms with Crippen molar-refractivity contribution in [3.63, 3.8) is 0 Å². The Bertz CT molecular complexity index is 1210. The van der Waals surface area contributed by atoms with Crippen LogP contribution >= 0.6 is 11.3 Å². The van der Waals surface area contributed by atoms with Crippen molar-refractivity contribution in [1.82, 2.24) is 9.71 Å². The molecule has 7 nitrogen and oxygen atoms in total. The second-order valence-corrected chi connectivity index (χ2v) is 9.45. The van der Waals surface area contributed by atoms with Crippen LogP contribution in [0.2, 0.25) is 0 Å². The highest BCUT2D eigenvalue weighted by Gasteiger charge is 2.17. The van der Waals surface area contributed by atoms with Crippen LogP contribution in [0, 0.1) is 19.7 Å². The lowest BCUT2D eigenvalue weighted by atomic mass is 10.1. The summed E-state index contributed by atoms with van der Waals surface area (Å²) in [5.41, 5.74) is 2.67. The predicted octanol–water partition coefficient (Wildman–Crippen LogP) is 3.88. The molecule has 0 unspecified atom stereocenters. The van der Waals surface area contributed by atoms with Crippen LogP contribution in [-0.4, -0.2) is 33.0 Å². The third-order valence-electron chi connectivity index (χ3n) is 4.46. The van der Waals surface area contributed by atoms with Gasteiger partial charge >= 0.3 is 0 Å². The smallest absolute Gasteiger partial charge is 0.240 e. The summed E-state index contributed by atoms with van der Waals surface area (Å²) in [6.45, 7) is 3.56. The van der Waals surface area contributed by atoms with Crippen LogP contribution in [-0.2, 0) is 14.8 Å². The van der Waals surface area contributed by atoms with Gasteiger partial charge in [-0.2, -0.15) is 0 Å². The van der Waals surface area contributed by atoms with Gasteiger partial charge in [0.15, 0.2) is 16.7 Å². The fraction of sp³-hybridized carbons (Fsp3) is 0.238. The lowest BCUT2D eigenvalue weighted by Gasteiger charge is -2.09. The van der Waals surface area contributed by atoms with Gasteiger partial charge in [-0.3, -0.25) is 4.79 Å². The zero-order chi connectivity index (χ0) is 22.6. The highest BCUT2D eigenvalue weighted by atomic mass is 32.2. The first-order valence-electron chi connectivity index (χ1n) is 9.36. The largest absolute Gasteiger partial charge is 0.494 e. The summed E-state index contributed by atoms with van der Waals surface area (Å²) in [6, 6.07) is 9.54. The molecular weight excluding hydrogens is 441 g/mol. The van der Waals surface area contributed by atoms with Crippen molar-refractivity contribution in [2.75, 3.05) is 19.0 Å². The molecule has 0 bridgehead atoms. The molecule has 1 heterocycles. The molecule has 0 saturated carbocycles. The Kier molecular flexibility index (Phi) is 7.04. The van der Waals surface area contributed by atoms with E-state index in [1.807, 2.05) is 6.92 Å². The number of hydrogen-bond acceptors (Lipinski definition) is 6. The first kappa shape index (κ1) is 22.9. The number of aryl methyl sites for hydroxylation is 2. The first-order valence-corrected chi connectivity index (χ1v) is 11.7. The molecule has 3 aromatic rings. The predicted molar refractivity (Wildman–Crippen MR) is 118 cm³/mol. The van der Waals surface area contributed by atoms with E-state index in [9.17, 15) is 17.6 Å². The Hall–Kier alpha value is -2.82. The summed E-state index contributed by atoms with van der Waals surface area (Å²) >= 11 is 1.19. The van der Waals surface area contributed by atoms with Crippen molar-refractivity contribution in [2.45, 2.75) is 25.2 Å². The number of anilines is 1. The van der Waals surface area contributed by atoms with Gasteiger partial charge in [0.25, 0.3) is 0 Å². The number of carbonyl (C=O) groups excluding carboxylic acids is 1. The average Bonchev–Trinajstić information content (AvgIpc) is 3.15. The number of methoxy groups -OCH3 is 1. The van der Waals surface area contributed by atoms with E-state index in [-0.39, 0.29) is 29.5 Å². The maximum absolute atomic E-state index is 13.9. The normalized spacial score (nSPS) is 11.4. The van der Waals surface area contributed by atoms with Gasteiger partial charge in [-0.15, -0.1) is 11.3 Å². The van der Waals surface area contributed by atoms with Gasteiger partial charge in [0.05, 0.1) is 17.7 Å². The van der Waals surface area contributed by atoms with Crippen LogP contribution in [0.3, 0.4) is 0 Å². The maximum atomic E-state index is 13.9. The van der Waals surface area contributed by atoms with Gasteiger partial charge < -0.3 is 10.1 Å². The highest BCUT2D eigenvalue weighted by molar-refractivity contribution is 7.89. The number of halogens is 1. The molecule has 1 amide bonds. The number of sulfonamides is 1. The third-order valence-corrected chi connectivity index (χ3v) is 6.84. The van der Waals surface area contributed by atoms with Crippen molar-refractivity contribution in [3.05, 3.63) is 58.7 Å². The SMILES string of the molecule is COc1ccc(-c2csc(NC(=O)CCNS(=O)(=O)c3ccc(C)cc3C)n2)cc1F. The molecule has 0 fully saturated rings. The molecule has 2 N–H and O–H groups in total. The summed E-state index contributed by atoms with van der Waals surface area (Å²) in [5, 5.41) is 4.66. The number of nitrogens with zero attached hydrogens (tertiary/aromatic N) is 1. The molecule has 2 aromatic carbocycles. The molecular formula is C21H22FN3O4S2. The van der Waals surface area contributed by atoms with E-state index in [1.165, 1.54) is 30.6 Å². The van der Waals surface area contributed by atoms with E-state index < -0.39 is 15.8 Å². The molecule has 164 valence electrons. The molecule has 0 aliphatic heterocycles. The van der Waals surface area contributed by atoms with E-state index >= 15 is 0 Å². The number of rotatable bonds is 8. The molecule has 1 aromatic heterocycles. The number of nitrogens with one attached hydrogen (secondary N) is 2. The zero-order valence-electron chi connectivity index (χ0n) is 17.2. The zero-order valence-corrected chi connectivity index (χ0v) is 18.9. The van der Waals surface area contributed by atoms with E-state index in [4.69, 9.17) is 4.74 Å². The topological polar surface area (TPSA) is 97.4 Å². The summed E-state index contributed by atoms with van der Waals surface area (Å²) < 4.78 is 46.1. The minimum Gasteiger partial charge on any atom is -0.494 e. The van der Waals surface area contributed by atoms with E-state index in [1.54, 1.807) is 36.6 Å². The lowest BCUT2D eigenvalue weighted by Crippen LogP contribution is -2.28. The van der Waals surface area contributed by atoms with Crippen molar-refractivity contribution < 1.29 is 22.3 Å². The van der Waals surface area contributed by atoms with Crippen LogP contribution < -0.4 is 14.8 Å². The number of carbonyl (C=O) groups is 1. The van der Waals surface area contributed by atoms with Crippen molar-refractivity contribution in [1.29, 1.82) is 0 Å². The van der Waals surface area contributed by atoms with Crippen LogP contribution in [0.25, 0.3) is 11.3 Å². The van der Waals surface area contributed by atoms with Crippen LogP contribution in [0.5, 0.6) is 5.75 Å². The minimum atomic E-state index is -3.71. The quantitative estimate of drug-likeness (QED) is 0.528.